The molecule has 0 aromatic rings. The van der Waals surface area contributed by atoms with Gasteiger partial charge in [-0.2, -0.15) is 0 Å². The molecule has 8 heteroatoms. The molecule has 0 unspecified atom stereocenters. The standard InChI is InChI=1S/C5H8N2O2S4/c1-2-3-10-6-4(8)12-13-5(9)7-11-3/h3H,2H2,1H3,(H,6,8)(H,7,9). The van der Waals surface area contributed by atoms with E-state index in [-0.39, 0.29) is 15.1 Å². The molecule has 0 saturated carbocycles. The van der Waals surface area contributed by atoms with Crippen LogP contribution in [0, 0.1) is 0 Å². The molecule has 4 nitrogen and oxygen atoms in total. The largest absolute Gasteiger partial charge is 0.300 e. The van der Waals surface area contributed by atoms with Crippen molar-refractivity contribution < 1.29 is 9.59 Å². The molecule has 0 aliphatic carbocycles. The number of carbonyl (C=O) groups is 2. The van der Waals surface area contributed by atoms with Crippen LogP contribution >= 0.6 is 45.5 Å². The Balaban J connectivity index is 2.48. The zero-order valence-corrected chi connectivity index (χ0v) is 10.00. The quantitative estimate of drug-likeness (QED) is 0.556. The highest BCUT2D eigenvalue weighted by Crippen LogP contribution is 2.30. The molecule has 0 aromatic heterocycles. The van der Waals surface area contributed by atoms with Crippen LogP contribution in [0.25, 0.3) is 0 Å². The fraction of sp³-hybridized carbons (Fsp3) is 0.600. The lowest BCUT2D eigenvalue weighted by molar-refractivity contribution is 0.264. The van der Waals surface area contributed by atoms with Gasteiger partial charge in [0, 0.05) is 21.6 Å². The molecule has 1 saturated heterocycles. The molecule has 0 aromatic carbocycles. The van der Waals surface area contributed by atoms with Crippen molar-refractivity contribution in [2.75, 3.05) is 0 Å². The molecule has 1 rings (SSSR count). The Morgan fingerprint density at radius 2 is 1.62 bits per heavy atom. The highest BCUT2D eigenvalue weighted by Gasteiger charge is 2.17. The van der Waals surface area contributed by atoms with Crippen LogP contribution in [0.5, 0.6) is 0 Å². The van der Waals surface area contributed by atoms with Gasteiger partial charge in [-0.15, -0.1) is 0 Å². The van der Waals surface area contributed by atoms with Gasteiger partial charge in [0.1, 0.15) is 0 Å². The van der Waals surface area contributed by atoms with E-state index in [1.807, 2.05) is 6.92 Å². The molecule has 1 heterocycles. The SMILES string of the molecule is CCC1SNC(=O)SSC(=O)NS1. The van der Waals surface area contributed by atoms with E-state index < -0.39 is 0 Å². The van der Waals surface area contributed by atoms with Crippen molar-refractivity contribution in [3.8, 4) is 0 Å². The van der Waals surface area contributed by atoms with Gasteiger partial charge in [-0.3, -0.25) is 19.0 Å². The van der Waals surface area contributed by atoms with E-state index in [2.05, 4.69) is 9.44 Å². The van der Waals surface area contributed by atoms with Crippen molar-refractivity contribution in [1.82, 2.24) is 9.44 Å². The molecule has 0 bridgehead atoms. The summed E-state index contributed by atoms with van der Waals surface area (Å²) in [7, 11) is 1.81. The first-order valence-electron chi connectivity index (χ1n) is 3.48. The number of hydrogen-bond acceptors (Lipinski definition) is 6. The molecular weight excluding hydrogens is 248 g/mol. The average molecular weight is 256 g/mol. The highest BCUT2D eigenvalue weighted by atomic mass is 33.1. The second-order valence-electron chi connectivity index (χ2n) is 2.02. The zero-order chi connectivity index (χ0) is 9.68. The van der Waals surface area contributed by atoms with Crippen LogP contribution in [-0.4, -0.2) is 15.1 Å². The summed E-state index contributed by atoms with van der Waals surface area (Å²) in [5.41, 5.74) is 0. The van der Waals surface area contributed by atoms with Crippen molar-refractivity contribution in [2.45, 2.75) is 17.9 Å². The van der Waals surface area contributed by atoms with E-state index >= 15 is 0 Å². The van der Waals surface area contributed by atoms with Gasteiger partial charge in [-0.25, -0.2) is 0 Å². The second kappa shape index (κ2) is 5.94. The Kier molecular flexibility index (Phi) is 5.22. The van der Waals surface area contributed by atoms with E-state index in [9.17, 15) is 9.59 Å². The summed E-state index contributed by atoms with van der Waals surface area (Å²) < 4.78 is 5.48. The third-order valence-electron chi connectivity index (χ3n) is 1.07. The van der Waals surface area contributed by atoms with Gasteiger partial charge in [0.2, 0.25) is 0 Å². The van der Waals surface area contributed by atoms with E-state index in [1.54, 1.807) is 0 Å². The molecule has 0 atom stereocenters. The molecule has 13 heavy (non-hydrogen) atoms. The van der Waals surface area contributed by atoms with E-state index in [0.717, 1.165) is 28.0 Å². The van der Waals surface area contributed by atoms with Gasteiger partial charge in [-0.05, 0) is 30.3 Å². The van der Waals surface area contributed by atoms with Gasteiger partial charge in [0.05, 0.1) is 4.58 Å². The van der Waals surface area contributed by atoms with Gasteiger partial charge < -0.3 is 0 Å². The minimum atomic E-state index is -0.189. The van der Waals surface area contributed by atoms with Crippen molar-refractivity contribution in [1.29, 1.82) is 0 Å². The van der Waals surface area contributed by atoms with Crippen molar-refractivity contribution >= 4 is 56.0 Å². The Labute approximate surface area is 92.8 Å². The van der Waals surface area contributed by atoms with Crippen molar-refractivity contribution in [2.24, 2.45) is 0 Å². The number of carbonyl (C=O) groups excluding carboxylic acids is 2. The Morgan fingerprint density at radius 3 is 2.00 bits per heavy atom. The second-order valence-corrected chi connectivity index (χ2v) is 6.41. The third-order valence-corrected chi connectivity index (χ3v) is 5.46. The summed E-state index contributed by atoms with van der Waals surface area (Å²) in [5.74, 6) is 0. The lowest BCUT2D eigenvalue weighted by Gasteiger charge is -2.10. The van der Waals surface area contributed by atoms with Crippen molar-refractivity contribution in [3.63, 3.8) is 0 Å². The summed E-state index contributed by atoms with van der Waals surface area (Å²) in [5, 5.41) is -0.378. The van der Waals surface area contributed by atoms with E-state index in [0.29, 0.717) is 0 Å². The third kappa shape index (κ3) is 4.39. The lowest BCUT2D eigenvalue weighted by Crippen LogP contribution is -2.15. The van der Waals surface area contributed by atoms with Gasteiger partial charge in [0.15, 0.2) is 0 Å². The van der Waals surface area contributed by atoms with Crippen LogP contribution in [0.2, 0.25) is 0 Å². The van der Waals surface area contributed by atoms with Crippen LogP contribution in [0.3, 0.4) is 0 Å². The number of nitrogens with one attached hydrogen (secondary N) is 2. The molecule has 74 valence electrons. The number of rotatable bonds is 1. The Hall–Kier alpha value is 0.340. The summed E-state index contributed by atoms with van der Waals surface area (Å²) >= 11 is 2.67. The summed E-state index contributed by atoms with van der Waals surface area (Å²) in [6.45, 7) is 2.00. The highest BCUT2D eigenvalue weighted by molar-refractivity contribution is 8.87. The maximum Gasteiger partial charge on any atom is 0.300 e. The fourth-order valence-corrected chi connectivity index (χ4v) is 3.58. The first-order chi connectivity index (χ1) is 6.22. The maximum atomic E-state index is 11.0. The smallest absolute Gasteiger partial charge is 0.289 e. The zero-order valence-electron chi connectivity index (χ0n) is 6.73. The minimum absolute atomic E-state index is 0.173. The Bertz CT molecular complexity index is 193. The topological polar surface area (TPSA) is 58.2 Å². The van der Waals surface area contributed by atoms with Crippen molar-refractivity contribution in [3.05, 3.63) is 0 Å². The van der Waals surface area contributed by atoms with Gasteiger partial charge >= 0.3 is 0 Å². The fourth-order valence-electron chi connectivity index (χ4n) is 0.528. The first kappa shape index (κ1) is 11.4. The molecule has 1 aliphatic heterocycles. The number of amides is 2. The molecule has 0 radical (unpaired) electrons. The van der Waals surface area contributed by atoms with Gasteiger partial charge in [0.25, 0.3) is 10.5 Å². The first-order valence-corrected chi connectivity index (χ1v) is 7.39. The summed E-state index contributed by atoms with van der Waals surface area (Å²) in [6, 6.07) is 0. The van der Waals surface area contributed by atoms with Crippen LogP contribution in [-0.2, 0) is 0 Å². The molecule has 2 amide bonds. The Morgan fingerprint density at radius 1 is 1.15 bits per heavy atom. The minimum Gasteiger partial charge on any atom is -0.289 e. The predicted molar refractivity (Wildman–Crippen MR) is 61.5 cm³/mol. The van der Waals surface area contributed by atoms with Gasteiger partial charge in [-0.1, -0.05) is 6.92 Å². The predicted octanol–water partition coefficient (Wildman–Crippen LogP) is 2.83. The molecule has 1 aliphatic rings. The number of hydrogen-bond donors (Lipinski definition) is 2. The normalized spacial score (nSPS) is 21.0. The maximum absolute atomic E-state index is 11.0. The van der Waals surface area contributed by atoms with E-state index in [4.69, 9.17) is 0 Å². The van der Waals surface area contributed by atoms with Crippen LogP contribution in [0.15, 0.2) is 0 Å². The van der Waals surface area contributed by atoms with E-state index in [1.165, 1.54) is 23.9 Å². The molecule has 2 N–H and O–H groups in total. The van der Waals surface area contributed by atoms with Crippen LogP contribution in [0.1, 0.15) is 13.3 Å². The molecule has 0 spiro atoms. The lowest BCUT2D eigenvalue weighted by atomic mass is 10.6. The molecular formula is C5H8N2O2S4. The average Bonchev–Trinajstić information content (AvgIpc) is 2.20. The summed E-state index contributed by atoms with van der Waals surface area (Å²) in [4.78, 5) is 22.0. The monoisotopic (exact) mass is 256 g/mol. The summed E-state index contributed by atoms with van der Waals surface area (Å²) in [6.07, 6.45) is 0.880. The van der Waals surface area contributed by atoms with Crippen LogP contribution in [0.4, 0.5) is 9.59 Å². The molecule has 1 fully saturated rings. The van der Waals surface area contributed by atoms with Crippen LogP contribution < -0.4 is 9.44 Å².